The summed E-state index contributed by atoms with van der Waals surface area (Å²) < 4.78 is 1.88. The van der Waals surface area contributed by atoms with Crippen LogP contribution in [0.1, 0.15) is 43.1 Å². The molecule has 1 saturated carbocycles. The molecule has 1 aliphatic heterocycles. The van der Waals surface area contributed by atoms with E-state index in [0.717, 1.165) is 43.7 Å². The minimum atomic E-state index is -0.117. The summed E-state index contributed by atoms with van der Waals surface area (Å²) in [4.78, 5) is 28.9. The van der Waals surface area contributed by atoms with Crippen molar-refractivity contribution in [2.45, 2.75) is 58.5 Å². The molecule has 0 bridgehead atoms. The molecule has 0 radical (unpaired) electrons. The lowest BCUT2D eigenvalue weighted by Gasteiger charge is -2.37. The zero-order chi connectivity index (χ0) is 18.8. The molecule has 3 rings (SSSR count). The van der Waals surface area contributed by atoms with Gasteiger partial charge in [-0.15, -0.1) is 0 Å². The molecule has 1 atom stereocenters. The summed E-state index contributed by atoms with van der Waals surface area (Å²) in [5, 5.41) is 7.49. The molecule has 2 fully saturated rings. The molecule has 1 N–H and O–H groups in total. The summed E-state index contributed by atoms with van der Waals surface area (Å²) in [7, 11) is 1.94. The maximum atomic E-state index is 12.6. The van der Waals surface area contributed by atoms with E-state index >= 15 is 0 Å². The van der Waals surface area contributed by atoms with Crippen LogP contribution in [-0.4, -0.2) is 69.7 Å². The van der Waals surface area contributed by atoms with E-state index in [1.807, 2.05) is 37.4 Å². The summed E-state index contributed by atoms with van der Waals surface area (Å²) >= 11 is 0. The molecule has 1 saturated heterocycles. The lowest BCUT2D eigenvalue weighted by molar-refractivity contribution is -0.134. The van der Waals surface area contributed by atoms with Gasteiger partial charge in [0.2, 0.25) is 11.8 Å². The van der Waals surface area contributed by atoms with E-state index in [9.17, 15) is 9.59 Å². The number of carbonyl (C=O) groups excluding carboxylic acids is 2. The second-order valence-corrected chi connectivity index (χ2v) is 7.65. The van der Waals surface area contributed by atoms with Gasteiger partial charge in [-0.25, -0.2) is 0 Å². The predicted octanol–water partition coefficient (Wildman–Crippen LogP) is 0.781. The van der Waals surface area contributed by atoms with Crippen molar-refractivity contribution in [3.8, 4) is 0 Å². The molecule has 0 unspecified atom stereocenters. The number of piperazine rings is 1. The van der Waals surface area contributed by atoms with Crippen molar-refractivity contribution in [1.29, 1.82) is 0 Å². The molecule has 2 aliphatic rings. The van der Waals surface area contributed by atoms with Crippen LogP contribution in [0, 0.1) is 13.8 Å². The molecular formula is C19H31N5O2. The first kappa shape index (κ1) is 18.9. The molecule has 1 aromatic heterocycles. The molecule has 2 amide bonds. The minimum Gasteiger partial charge on any atom is -0.352 e. The topological polar surface area (TPSA) is 70.5 Å². The molecule has 0 aromatic carbocycles. The fourth-order valence-electron chi connectivity index (χ4n) is 3.64. The van der Waals surface area contributed by atoms with Crippen LogP contribution in [0.3, 0.4) is 0 Å². The second kappa shape index (κ2) is 7.78. The van der Waals surface area contributed by atoms with Gasteiger partial charge in [0.1, 0.15) is 0 Å². The van der Waals surface area contributed by atoms with Gasteiger partial charge < -0.3 is 10.2 Å². The highest BCUT2D eigenvalue weighted by Crippen LogP contribution is 2.19. The molecular weight excluding hydrogens is 330 g/mol. The van der Waals surface area contributed by atoms with Crippen LogP contribution in [0.25, 0.3) is 0 Å². The lowest BCUT2D eigenvalue weighted by Crippen LogP contribution is -2.55. The number of nitrogens with zero attached hydrogens (tertiary/aromatic N) is 4. The van der Waals surface area contributed by atoms with Crippen molar-refractivity contribution in [2.24, 2.45) is 7.05 Å². The Hall–Kier alpha value is -1.89. The molecule has 7 heteroatoms. The average Bonchev–Trinajstić information content (AvgIpc) is 3.40. The van der Waals surface area contributed by atoms with Crippen LogP contribution in [0.5, 0.6) is 0 Å². The van der Waals surface area contributed by atoms with Crippen LogP contribution in [-0.2, 0) is 23.1 Å². The Morgan fingerprint density at radius 1 is 1.19 bits per heavy atom. The van der Waals surface area contributed by atoms with Crippen molar-refractivity contribution in [1.82, 2.24) is 24.9 Å². The number of hydrogen-bond acceptors (Lipinski definition) is 4. The molecule has 0 spiro atoms. The van der Waals surface area contributed by atoms with E-state index in [4.69, 9.17) is 0 Å². The van der Waals surface area contributed by atoms with Crippen LogP contribution in [0.2, 0.25) is 0 Å². The van der Waals surface area contributed by atoms with Gasteiger partial charge in [-0.05, 0) is 45.6 Å². The number of hydrogen-bond donors (Lipinski definition) is 1. The van der Waals surface area contributed by atoms with Crippen molar-refractivity contribution in [3.63, 3.8) is 0 Å². The van der Waals surface area contributed by atoms with Crippen molar-refractivity contribution in [2.75, 3.05) is 26.2 Å². The van der Waals surface area contributed by atoms with Crippen LogP contribution in [0.4, 0.5) is 0 Å². The van der Waals surface area contributed by atoms with Crippen molar-refractivity contribution in [3.05, 3.63) is 17.0 Å². The van der Waals surface area contributed by atoms with Crippen LogP contribution < -0.4 is 5.32 Å². The first-order valence-electron chi connectivity index (χ1n) is 9.68. The van der Waals surface area contributed by atoms with Gasteiger partial charge in [0.15, 0.2) is 0 Å². The second-order valence-electron chi connectivity index (χ2n) is 7.65. The smallest absolute Gasteiger partial charge is 0.237 e. The van der Waals surface area contributed by atoms with Crippen molar-refractivity contribution >= 4 is 11.8 Å². The fourth-order valence-corrected chi connectivity index (χ4v) is 3.64. The lowest BCUT2D eigenvalue weighted by atomic mass is 10.1. The quantitative estimate of drug-likeness (QED) is 0.813. The van der Waals surface area contributed by atoms with Crippen molar-refractivity contribution < 1.29 is 9.59 Å². The van der Waals surface area contributed by atoms with Crippen LogP contribution in [0.15, 0.2) is 0 Å². The molecule has 144 valence electrons. The summed E-state index contributed by atoms with van der Waals surface area (Å²) in [5.41, 5.74) is 3.33. The first-order chi connectivity index (χ1) is 12.4. The molecule has 26 heavy (non-hydrogen) atoms. The van der Waals surface area contributed by atoms with Gasteiger partial charge in [0.05, 0.1) is 11.7 Å². The van der Waals surface area contributed by atoms with Gasteiger partial charge >= 0.3 is 0 Å². The Kier molecular flexibility index (Phi) is 5.65. The third-order valence-corrected chi connectivity index (χ3v) is 5.77. The highest BCUT2D eigenvalue weighted by molar-refractivity contribution is 5.82. The Labute approximate surface area is 155 Å². The van der Waals surface area contributed by atoms with E-state index < -0.39 is 0 Å². The third-order valence-electron chi connectivity index (χ3n) is 5.77. The zero-order valence-corrected chi connectivity index (χ0v) is 16.4. The Bertz CT molecular complexity index is 672. The Morgan fingerprint density at radius 2 is 1.85 bits per heavy atom. The highest BCUT2D eigenvalue weighted by Gasteiger charge is 2.30. The van der Waals surface area contributed by atoms with Crippen LogP contribution >= 0.6 is 0 Å². The molecule has 7 nitrogen and oxygen atoms in total. The molecule has 2 heterocycles. The van der Waals surface area contributed by atoms with Gasteiger partial charge in [0, 0.05) is 51.4 Å². The standard InChI is InChI=1S/C19H31N5O2/c1-13-17(14(2)22(4)21-13)7-8-18(25)24-11-9-23(10-12-24)15(3)19(26)20-16-5-6-16/h15-16H,5-12H2,1-4H3,(H,20,26)/t15-/m1/s1. The summed E-state index contributed by atoms with van der Waals surface area (Å²) in [5.74, 6) is 0.317. The third kappa shape index (κ3) is 4.26. The van der Waals surface area contributed by atoms with Gasteiger partial charge in [-0.3, -0.25) is 19.2 Å². The minimum absolute atomic E-state index is 0.117. The number of rotatable bonds is 6. The fraction of sp³-hybridized carbons (Fsp3) is 0.737. The SMILES string of the molecule is Cc1nn(C)c(C)c1CCC(=O)N1CCN([C@H](C)C(=O)NC2CC2)CC1. The average molecular weight is 361 g/mol. The maximum absolute atomic E-state index is 12.6. The largest absolute Gasteiger partial charge is 0.352 e. The highest BCUT2D eigenvalue weighted by atomic mass is 16.2. The zero-order valence-electron chi connectivity index (χ0n) is 16.4. The first-order valence-corrected chi connectivity index (χ1v) is 9.68. The maximum Gasteiger partial charge on any atom is 0.237 e. The number of nitrogens with one attached hydrogen (secondary N) is 1. The Balaban J connectivity index is 1.45. The van der Waals surface area contributed by atoms with E-state index in [0.29, 0.717) is 25.6 Å². The van der Waals surface area contributed by atoms with Gasteiger partial charge in [-0.1, -0.05) is 0 Å². The molecule has 1 aliphatic carbocycles. The summed E-state index contributed by atoms with van der Waals surface area (Å²) in [6.45, 7) is 8.93. The van der Waals surface area contributed by atoms with E-state index in [-0.39, 0.29) is 17.9 Å². The van der Waals surface area contributed by atoms with E-state index in [2.05, 4.69) is 15.3 Å². The number of carbonyl (C=O) groups is 2. The molecule has 1 aromatic rings. The normalized spacial score (nSPS) is 19.5. The number of aromatic nitrogens is 2. The number of aryl methyl sites for hydroxylation is 2. The Morgan fingerprint density at radius 3 is 2.38 bits per heavy atom. The predicted molar refractivity (Wildman–Crippen MR) is 99.8 cm³/mol. The number of amides is 2. The summed E-state index contributed by atoms with van der Waals surface area (Å²) in [6, 6.07) is 0.278. The van der Waals surface area contributed by atoms with Gasteiger partial charge in [0.25, 0.3) is 0 Å². The van der Waals surface area contributed by atoms with Gasteiger partial charge in [-0.2, -0.15) is 5.10 Å². The van der Waals surface area contributed by atoms with E-state index in [1.54, 1.807) is 0 Å². The van der Waals surface area contributed by atoms with E-state index in [1.165, 1.54) is 5.56 Å². The summed E-state index contributed by atoms with van der Waals surface area (Å²) in [6.07, 6.45) is 3.48. The monoisotopic (exact) mass is 361 g/mol.